The van der Waals surface area contributed by atoms with Gasteiger partial charge in [0, 0.05) is 36.4 Å². The van der Waals surface area contributed by atoms with Gasteiger partial charge in [-0.1, -0.05) is 0 Å². The van der Waals surface area contributed by atoms with Crippen molar-refractivity contribution in [3.05, 3.63) is 28.8 Å². The van der Waals surface area contributed by atoms with Crippen molar-refractivity contribution in [2.75, 3.05) is 18.9 Å². The first-order chi connectivity index (χ1) is 12.2. The van der Waals surface area contributed by atoms with E-state index in [4.69, 9.17) is 4.74 Å². The summed E-state index contributed by atoms with van der Waals surface area (Å²) in [4.78, 5) is 13.8. The molecule has 1 fully saturated rings. The van der Waals surface area contributed by atoms with Crippen molar-refractivity contribution in [1.82, 2.24) is 4.90 Å². The summed E-state index contributed by atoms with van der Waals surface area (Å²) in [6.45, 7) is 6.17. The predicted octanol–water partition coefficient (Wildman–Crippen LogP) is 4.83. The SMILES string of the molecule is CN(C(=O)OC(C)(C)C)C1CCC(c2c(F)cc3c(c2F)CCN3)CC1. The van der Waals surface area contributed by atoms with Gasteiger partial charge in [0.15, 0.2) is 0 Å². The number of nitrogens with one attached hydrogen (secondary N) is 1. The number of halogens is 2. The Bertz CT molecular complexity index is 692. The van der Waals surface area contributed by atoms with Crippen LogP contribution in [0.25, 0.3) is 0 Å². The summed E-state index contributed by atoms with van der Waals surface area (Å²) in [5.41, 5.74) is 0.884. The van der Waals surface area contributed by atoms with Crippen LogP contribution in [0.2, 0.25) is 0 Å². The molecule has 0 unspecified atom stereocenters. The zero-order valence-corrected chi connectivity index (χ0v) is 16.0. The van der Waals surface area contributed by atoms with E-state index in [9.17, 15) is 13.6 Å². The van der Waals surface area contributed by atoms with Crippen LogP contribution in [0.1, 0.15) is 63.5 Å². The van der Waals surface area contributed by atoms with E-state index in [1.807, 2.05) is 20.8 Å². The second-order valence-electron chi connectivity index (χ2n) is 8.39. The fourth-order valence-corrected chi connectivity index (χ4v) is 4.01. The van der Waals surface area contributed by atoms with Crippen LogP contribution in [0.15, 0.2) is 6.07 Å². The summed E-state index contributed by atoms with van der Waals surface area (Å²) >= 11 is 0. The van der Waals surface area contributed by atoms with E-state index in [0.717, 1.165) is 0 Å². The van der Waals surface area contributed by atoms with Gasteiger partial charge < -0.3 is 15.0 Å². The Hall–Kier alpha value is -1.85. The lowest BCUT2D eigenvalue weighted by atomic mass is 9.80. The van der Waals surface area contributed by atoms with Gasteiger partial charge in [0.25, 0.3) is 0 Å². The summed E-state index contributed by atoms with van der Waals surface area (Å²) in [7, 11) is 1.74. The number of carbonyl (C=O) groups excluding carboxylic acids is 1. The predicted molar refractivity (Wildman–Crippen MR) is 97.5 cm³/mol. The molecule has 0 saturated heterocycles. The van der Waals surface area contributed by atoms with Gasteiger partial charge in [-0.25, -0.2) is 13.6 Å². The monoisotopic (exact) mass is 366 g/mol. The van der Waals surface area contributed by atoms with E-state index in [-0.39, 0.29) is 29.4 Å². The molecule has 2 aliphatic rings. The molecular formula is C20H28F2N2O2. The fraction of sp³-hybridized carbons (Fsp3) is 0.650. The lowest BCUT2D eigenvalue weighted by Crippen LogP contribution is -2.42. The van der Waals surface area contributed by atoms with E-state index < -0.39 is 11.4 Å². The maximum Gasteiger partial charge on any atom is 0.410 e. The molecule has 1 heterocycles. The molecule has 144 valence electrons. The minimum Gasteiger partial charge on any atom is -0.444 e. The Labute approximate surface area is 153 Å². The number of ether oxygens (including phenoxy) is 1. The minimum atomic E-state index is -0.534. The second kappa shape index (κ2) is 7.05. The maximum atomic E-state index is 14.8. The van der Waals surface area contributed by atoms with Crippen LogP contribution in [0, 0.1) is 11.6 Å². The van der Waals surface area contributed by atoms with Crippen molar-refractivity contribution in [1.29, 1.82) is 0 Å². The number of rotatable bonds is 2. The Kier molecular flexibility index (Phi) is 5.13. The molecule has 26 heavy (non-hydrogen) atoms. The molecule has 0 atom stereocenters. The summed E-state index contributed by atoms with van der Waals surface area (Å²) in [6.07, 6.45) is 3.02. The molecule has 1 N–H and O–H groups in total. The normalized spacial score (nSPS) is 22.5. The van der Waals surface area contributed by atoms with Gasteiger partial charge in [0.1, 0.15) is 17.2 Å². The van der Waals surface area contributed by atoms with E-state index in [1.54, 1.807) is 11.9 Å². The number of nitrogens with zero attached hydrogens (tertiary/aromatic N) is 1. The molecule has 1 saturated carbocycles. The van der Waals surface area contributed by atoms with Crippen molar-refractivity contribution < 1.29 is 18.3 Å². The molecule has 1 aromatic carbocycles. The third-order valence-corrected chi connectivity index (χ3v) is 5.38. The van der Waals surface area contributed by atoms with Crippen LogP contribution in [-0.2, 0) is 11.2 Å². The Morgan fingerprint density at radius 2 is 1.88 bits per heavy atom. The number of anilines is 1. The standard InChI is InChI=1S/C20H28F2N2O2/c1-20(2,3)26-19(25)24(4)13-7-5-12(6-8-13)17-15(21)11-16-14(18(17)22)9-10-23-16/h11-13,23H,5-10H2,1-4H3. The summed E-state index contributed by atoms with van der Waals surface area (Å²) in [6, 6.07) is 1.47. The number of carbonyl (C=O) groups is 1. The number of fused-ring (bicyclic) bond motifs is 1. The van der Waals surface area contributed by atoms with Gasteiger partial charge in [-0.15, -0.1) is 0 Å². The van der Waals surface area contributed by atoms with Crippen LogP contribution in [0.3, 0.4) is 0 Å². The Balaban J connectivity index is 1.67. The van der Waals surface area contributed by atoms with E-state index in [1.165, 1.54) is 6.07 Å². The number of hydrogen-bond acceptors (Lipinski definition) is 3. The first-order valence-electron chi connectivity index (χ1n) is 9.38. The molecule has 3 rings (SSSR count). The highest BCUT2D eigenvalue weighted by molar-refractivity contribution is 5.68. The highest BCUT2D eigenvalue weighted by Gasteiger charge is 2.33. The van der Waals surface area contributed by atoms with Crippen LogP contribution in [-0.4, -0.2) is 36.2 Å². The topological polar surface area (TPSA) is 41.6 Å². The highest BCUT2D eigenvalue weighted by Crippen LogP contribution is 2.40. The van der Waals surface area contributed by atoms with Gasteiger partial charge in [0.2, 0.25) is 0 Å². The molecule has 0 bridgehead atoms. The second-order valence-corrected chi connectivity index (χ2v) is 8.39. The average Bonchev–Trinajstić information content (AvgIpc) is 3.01. The Morgan fingerprint density at radius 1 is 1.23 bits per heavy atom. The smallest absolute Gasteiger partial charge is 0.410 e. The average molecular weight is 366 g/mol. The zero-order valence-electron chi connectivity index (χ0n) is 16.0. The lowest BCUT2D eigenvalue weighted by Gasteiger charge is -2.36. The quantitative estimate of drug-likeness (QED) is 0.815. The molecule has 0 aromatic heterocycles. The molecular weight excluding hydrogens is 338 g/mol. The van der Waals surface area contributed by atoms with Crippen molar-refractivity contribution >= 4 is 11.8 Å². The van der Waals surface area contributed by atoms with Gasteiger partial charge in [-0.2, -0.15) is 0 Å². The van der Waals surface area contributed by atoms with Crippen LogP contribution in [0.5, 0.6) is 0 Å². The van der Waals surface area contributed by atoms with Gasteiger partial charge in [-0.3, -0.25) is 0 Å². The molecule has 1 aliphatic heterocycles. The van der Waals surface area contributed by atoms with Gasteiger partial charge in [0.05, 0.1) is 0 Å². The molecule has 0 spiro atoms. The van der Waals surface area contributed by atoms with Crippen LogP contribution < -0.4 is 5.32 Å². The highest BCUT2D eigenvalue weighted by atomic mass is 19.1. The zero-order chi connectivity index (χ0) is 19.1. The van der Waals surface area contributed by atoms with Crippen LogP contribution in [0.4, 0.5) is 19.3 Å². The lowest BCUT2D eigenvalue weighted by molar-refractivity contribution is 0.0182. The van der Waals surface area contributed by atoms with Crippen molar-refractivity contribution in [3.63, 3.8) is 0 Å². The minimum absolute atomic E-state index is 0.0447. The summed E-state index contributed by atoms with van der Waals surface area (Å²) in [5.74, 6) is -0.974. The largest absolute Gasteiger partial charge is 0.444 e. The summed E-state index contributed by atoms with van der Waals surface area (Å²) < 4.78 is 34.7. The van der Waals surface area contributed by atoms with Crippen LogP contribution >= 0.6 is 0 Å². The molecule has 0 radical (unpaired) electrons. The third-order valence-electron chi connectivity index (χ3n) is 5.38. The summed E-state index contributed by atoms with van der Waals surface area (Å²) in [5, 5.41) is 3.03. The first-order valence-corrected chi connectivity index (χ1v) is 9.38. The Morgan fingerprint density at radius 3 is 2.50 bits per heavy atom. The van der Waals surface area contributed by atoms with Gasteiger partial charge in [-0.05, 0) is 64.9 Å². The number of benzene rings is 1. The molecule has 1 aromatic rings. The van der Waals surface area contributed by atoms with Crippen molar-refractivity contribution in [2.24, 2.45) is 0 Å². The molecule has 1 aliphatic carbocycles. The van der Waals surface area contributed by atoms with Crippen molar-refractivity contribution in [2.45, 2.75) is 70.4 Å². The van der Waals surface area contributed by atoms with Gasteiger partial charge >= 0.3 is 6.09 Å². The molecule has 1 amide bonds. The van der Waals surface area contributed by atoms with Crippen molar-refractivity contribution in [3.8, 4) is 0 Å². The number of amides is 1. The third kappa shape index (κ3) is 3.79. The molecule has 6 heteroatoms. The van der Waals surface area contributed by atoms with E-state index in [0.29, 0.717) is 49.9 Å². The maximum absolute atomic E-state index is 14.8. The number of hydrogen-bond donors (Lipinski definition) is 1. The van der Waals surface area contributed by atoms with E-state index in [2.05, 4.69) is 5.32 Å². The van der Waals surface area contributed by atoms with E-state index >= 15 is 0 Å². The molecule has 4 nitrogen and oxygen atoms in total. The first kappa shape index (κ1) is 18.9. The fourth-order valence-electron chi connectivity index (χ4n) is 4.01.